The number of rotatable bonds is 4. The van der Waals surface area contributed by atoms with E-state index in [1.807, 2.05) is 0 Å². The third-order valence-corrected chi connectivity index (χ3v) is 3.65. The molecular formula is C14H18ClFN2O. The lowest BCUT2D eigenvalue weighted by Crippen LogP contribution is -2.34. The minimum absolute atomic E-state index is 0.0825. The predicted octanol–water partition coefficient (Wildman–Crippen LogP) is 3.34. The van der Waals surface area contributed by atoms with Crippen LogP contribution in [0.3, 0.4) is 0 Å². The number of anilines is 1. The van der Waals surface area contributed by atoms with Gasteiger partial charge in [-0.15, -0.1) is 0 Å². The number of hydrogen-bond acceptors (Lipinski definition) is 2. The first-order chi connectivity index (χ1) is 9.15. The van der Waals surface area contributed by atoms with Crippen molar-refractivity contribution >= 4 is 23.2 Å². The van der Waals surface area contributed by atoms with Gasteiger partial charge in [-0.3, -0.25) is 4.79 Å². The number of piperidine rings is 1. The van der Waals surface area contributed by atoms with Crippen molar-refractivity contribution in [3.8, 4) is 0 Å². The van der Waals surface area contributed by atoms with Gasteiger partial charge in [-0.05, 0) is 44.0 Å². The predicted molar refractivity (Wildman–Crippen MR) is 74.9 cm³/mol. The molecule has 1 amide bonds. The van der Waals surface area contributed by atoms with Crippen LogP contribution in [-0.2, 0) is 4.79 Å². The lowest BCUT2D eigenvalue weighted by Gasteiger charge is -2.23. The largest absolute Gasteiger partial charge is 0.325 e. The van der Waals surface area contributed by atoms with Gasteiger partial charge in [-0.2, -0.15) is 0 Å². The van der Waals surface area contributed by atoms with Gasteiger partial charge >= 0.3 is 0 Å². The summed E-state index contributed by atoms with van der Waals surface area (Å²) in [5.74, 6) is -0.490. The van der Waals surface area contributed by atoms with E-state index in [1.165, 1.54) is 31.0 Å². The molecular weight excluding hydrogens is 267 g/mol. The van der Waals surface area contributed by atoms with E-state index < -0.39 is 5.82 Å². The van der Waals surface area contributed by atoms with Crippen molar-refractivity contribution in [2.24, 2.45) is 0 Å². The van der Waals surface area contributed by atoms with E-state index in [4.69, 9.17) is 11.6 Å². The van der Waals surface area contributed by atoms with Crippen LogP contribution < -0.4 is 10.6 Å². The Labute approximate surface area is 117 Å². The molecule has 5 heteroatoms. The van der Waals surface area contributed by atoms with Crippen molar-refractivity contribution in [3.63, 3.8) is 0 Å². The molecule has 0 aliphatic carbocycles. The van der Waals surface area contributed by atoms with E-state index in [2.05, 4.69) is 10.6 Å². The Hall–Kier alpha value is -1.13. The van der Waals surface area contributed by atoms with Crippen LogP contribution in [-0.4, -0.2) is 18.5 Å². The Morgan fingerprint density at radius 3 is 3.00 bits per heavy atom. The lowest BCUT2D eigenvalue weighted by molar-refractivity contribution is -0.116. The normalized spacial score (nSPS) is 19.2. The summed E-state index contributed by atoms with van der Waals surface area (Å²) in [4.78, 5) is 11.8. The Balaban J connectivity index is 1.80. The molecule has 1 aromatic rings. The topological polar surface area (TPSA) is 41.1 Å². The summed E-state index contributed by atoms with van der Waals surface area (Å²) in [5, 5.41) is 6.34. The standard InChI is InChI=1S/C14H18ClFN2O/c15-12-9-10(16)4-6-13(12)18-14(19)7-5-11-3-1-2-8-17-11/h4,6,9,11,17H,1-3,5,7-8H2,(H,18,19). The van der Waals surface area contributed by atoms with Crippen LogP contribution >= 0.6 is 11.6 Å². The minimum atomic E-state index is -0.408. The SMILES string of the molecule is O=C(CCC1CCCCN1)Nc1ccc(F)cc1Cl. The first-order valence-electron chi connectivity index (χ1n) is 6.63. The molecule has 1 aliphatic rings. The average Bonchev–Trinajstić information content (AvgIpc) is 2.41. The van der Waals surface area contributed by atoms with Crippen LogP contribution in [0, 0.1) is 5.82 Å². The molecule has 1 saturated heterocycles. The Kier molecular flexibility index (Phi) is 5.16. The Bertz CT molecular complexity index is 447. The van der Waals surface area contributed by atoms with E-state index >= 15 is 0 Å². The summed E-state index contributed by atoms with van der Waals surface area (Å²) in [5.41, 5.74) is 0.463. The smallest absolute Gasteiger partial charge is 0.224 e. The van der Waals surface area contributed by atoms with Gasteiger partial charge in [-0.1, -0.05) is 18.0 Å². The highest BCUT2D eigenvalue weighted by Crippen LogP contribution is 2.22. The number of amides is 1. The van der Waals surface area contributed by atoms with Gasteiger partial charge in [0.1, 0.15) is 5.82 Å². The van der Waals surface area contributed by atoms with Crippen molar-refractivity contribution in [1.29, 1.82) is 0 Å². The van der Waals surface area contributed by atoms with Crippen LogP contribution in [0.25, 0.3) is 0 Å². The van der Waals surface area contributed by atoms with E-state index in [1.54, 1.807) is 0 Å². The van der Waals surface area contributed by atoms with Crippen LogP contribution in [0.1, 0.15) is 32.1 Å². The van der Waals surface area contributed by atoms with Crippen molar-refractivity contribution in [2.75, 3.05) is 11.9 Å². The molecule has 2 rings (SSSR count). The Morgan fingerprint density at radius 2 is 2.32 bits per heavy atom. The third kappa shape index (κ3) is 4.48. The molecule has 0 spiro atoms. The number of carbonyl (C=O) groups is 1. The molecule has 2 N–H and O–H groups in total. The van der Waals surface area contributed by atoms with Crippen molar-refractivity contribution in [3.05, 3.63) is 29.0 Å². The van der Waals surface area contributed by atoms with Gasteiger partial charge < -0.3 is 10.6 Å². The minimum Gasteiger partial charge on any atom is -0.325 e. The molecule has 3 nitrogen and oxygen atoms in total. The number of halogens is 2. The fraction of sp³-hybridized carbons (Fsp3) is 0.500. The van der Waals surface area contributed by atoms with Crippen LogP contribution in [0.15, 0.2) is 18.2 Å². The molecule has 0 bridgehead atoms. The maximum absolute atomic E-state index is 12.9. The van der Waals surface area contributed by atoms with Gasteiger partial charge in [0.05, 0.1) is 10.7 Å². The second kappa shape index (κ2) is 6.87. The zero-order valence-corrected chi connectivity index (χ0v) is 11.5. The molecule has 0 radical (unpaired) electrons. The van der Waals surface area contributed by atoms with Gasteiger partial charge in [0.2, 0.25) is 5.91 Å². The molecule has 1 unspecified atom stereocenters. The van der Waals surface area contributed by atoms with Gasteiger partial charge in [-0.25, -0.2) is 4.39 Å². The number of carbonyl (C=O) groups excluding carboxylic acids is 1. The number of nitrogens with one attached hydrogen (secondary N) is 2. The van der Waals surface area contributed by atoms with Crippen LogP contribution in [0.2, 0.25) is 5.02 Å². The third-order valence-electron chi connectivity index (χ3n) is 3.34. The number of benzene rings is 1. The maximum atomic E-state index is 12.9. The monoisotopic (exact) mass is 284 g/mol. The second-order valence-corrected chi connectivity index (χ2v) is 5.27. The summed E-state index contributed by atoms with van der Waals surface area (Å²) in [6.45, 7) is 1.04. The molecule has 104 valence electrons. The summed E-state index contributed by atoms with van der Waals surface area (Å²) < 4.78 is 12.9. The fourth-order valence-electron chi connectivity index (χ4n) is 2.28. The molecule has 1 fully saturated rings. The van der Waals surface area contributed by atoms with Gasteiger partial charge in [0, 0.05) is 12.5 Å². The molecule has 1 aliphatic heterocycles. The zero-order valence-electron chi connectivity index (χ0n) is 10.7. The number of hydrogen-bond donors (Lipinski definition) is 2. The highest BCUT2D eigenvalue weighted by Gasteiger charge is 2.14. The maximum Gasteiger partial charge on any atom is 0.224 e. The Morgan fingerprint density at radius 1 is 1.47 bits per heavy atom. The average molecular weight is 285 g/mol. The summed E-state index contributed by atoms with van der Waals surface area (Å²) in [6.07, 6.45) is 4.84. The van der Waals surface area contributed by atoms with Crippen molar-refractivity contribution < 1.29 is 9.18 Å². The van der Waals surface area contributed by atoms with E-state index in [0.717, 1.165) is 19.4 Å². The van der Waals surface area contributed by atoms with Gasteiger partial charge in [0.25, 0.3) is 0 Å². The molecule has 19 heavy (non-hydrogen) atoms. The second-order valence-electron chi connectivity index (χ2n) is 4.86. The molecule has 0 aromatic heterocycles. The quantitative estimate of drug-likeness (QED) is 0.890. The van der Waals surface area contributed by atoms with E-state index in [0.29, 0.717) is 18.2 Å². The molecule has 1 atom stereocenters. The van der Waals surface area contributed by atoms with Crippen LogP contribution in [0.4, 0.5) is 10.1 Å². The summed E-state index contributed by atoms with van der Waals surface area (Å²) in [6, 6.07) is 4.39. The molecule has 1 aromatic carbocycles. The van der Waals surface area contributed by atoms with Crippen LogP contribution in [0.5, 0.6) is 0 Å². The highest BCUT2D eigenvalue weighted by molar-refractivity contribution is 6.33. The first-order valence-corrected chi connectivity index (χ1v) is 7.01. The molecule has 0 saturated carbocycles. The first kappa shape index (κ1) is 14.3. The van der Waals surface area contributed by atoms with Crippen molar-refractivity contribution in [2.45, 2.75) is 38.1 Å². The van der Waals surface area contributed by atoms with E-state index in [-0.39, 0.29) is 10.9 Å². The van der Waals surface area contributed by atoms with E-state index in [9.17, 15) is 9.18 Å². The summed E-state index contributed by atoms with van der Waals surface area (Å²) in [7, 11) is 0. The molecule has 1 heterocycles. The zero-order chi connectivity index (χ0) is 13.7. The summed E-state index contributed by atoms with van der Waals surface area (Å²) >= 11 is 5.86. The van der Waals surface area contributed by atoms with Crippen molar-refractivity contribution in [1.82, 2.24) is 5.32 Å². The lowest BCUT2D eigenvalue weighted by atomic mass is 10.0. The fourth-order valence-corrected chi connectivity index (χ4v) is 2.49. The van der Waals surface area contributed by atoms with Gasteiger partial charge in [0.15, 0.2) is 0 Å². The highest BCUT2D eigenvalue weighted by atomic mass is 35.5.